The molecule has 1 heterocycles. The van der Waals surface area contributed by atoms with Crippen LogP contribution in [0.15, 0.2) is 24.4 Å². The van der Waals surface area contributed by atoms with Crippen molar-refractivity contribution >= 4 is 41.2 Å². The molecule has 0 aliphatic rings. The molecule has 30 heavy (non-hydrogen) atoms. The van der Waals surface area contributed by atoms with Crippen LogP contribution in [0, 0.1) is 11.7 Å². The summed E-state index contributed by atoms with van der Waals surface area (Å²) in [5.41, 5.74) is -0.189. The summed E-state index contributed by atoms with van der Waals surface area (Å²) in [6.45, 7) is 8.42. The zero-order valence-corrected chi connectivity index (χ0v) is 19.7. The summed E-state index contributed by atoms with van der Waals surface area (Å²) in [6, 6.07) is 3.96. The first kappa shape index (κ1) is 24.5. The summed E-state index contributed by atoms with van der Waals surface area (Å²) >= 11 is 13.4. The SMILES string of the molecule is CC(C)COc1ncc(Oc2cc(F)c(C(=O)NSN(C)C(C)C)cc2Cl)cc1Cl. The minimum Gasteiger partial charge on any atom is -0.476 e. The van der Waals surface area contributed by atoms with Crippen LogP contribution in [0.5, 0.6) is 17.4 Å². The van der Waals surface area contributed by atoms with Gasteiger partial charge in [-0.15, -0.1) is 0 Å². The Hall–Kier alpha value is -1.74. The zero-order chi connectivity index (χ0) is 22.4. The molecule has 0 aliphatic heterocycles. The number of halogens is 3. The molecule has 1 aromatic heterocycles. The number of benzene rings is 1. The van der Waals surface area contributed by atoms with E-state index < -0.39 is 11.7 Å². The van der Waals surface area contributed by atoms with E-state index in [9.17, 15) is 9.18 Å². The van der Waals surface area contributed by atoms with E-state index in [1.54, 1.807) is 0 Å². The molecule has 0 bridgehead atoms. The van der Waals surface area contributed by atoms with Gasteiger partial charge in [-0.1, -0.05) is 37.0 Å². The Morgan fingerprint density at radius 3 is 2.53 bits per heavy atom. The first-order valence-electron chi connectivity index (χ1n) is 9.23. The number of pyridine rings is 1. The van der Waals surface area contributed by atoms with Gasteiger partial charge in [0.2, 0.25) is 5.88 Å². The summed E-state index contributed by atoms with van der Waals surface area (Å²) in [4.78, 5) is 16.4. The topological polar surface area (TPSA) is 63.7 Å². The van der Waals surface area contributed by atoms with Gasteiger partial charge < -0.3 is 9.47 Å². The van der Waals surface area contributed by atoms with Crippen molar-refractivity contribution in [1.29, 1.82) is 0 Å². The van der Waals surface area contributed by atoms with Gasteiger partial charge in [0.25, 0.3) is 5.91 Å². The standard InChI is InChI=1S/C20H24Cl2FN3O3S/c1-11(2)10-28-20-16(22)6-13(9-24-20)29-18-8-17(23)14(7-15(18)21)19(27)25-30-26(5)12(3)4/h6-9,11-12H,10H2,1-5H3,(H,25,27). The Morgan fingerprint density at radius 2 is 1.93 bits per heavy atom. The number of hydrogen-bond donors (Lipinski definition) is 1. The highest BCUT2D eigenvalue weighted by Gasteiger charge is 2.18. The molecule has 2 aromatic rings. The number of hydrogen-bond acceptors (Lipinski definition) is 6. The van der Waals surface area contributed by atoms with E-state index in [0.29, 0.717) is 12.5 Å². The lowest BCUT2D eigenvalue weighted by molar-refractivity contribution is 0.0979. The van der Waals surface area contributed by atoms with Gasteiger partial charge in [-0.25, -0.2) is 13.7 Å². The maximum Gasteiger partial charge on any atom is 0.265 e. The summed E-state index contributed by atoms with van der Waals surface area (Å²) in [5, 5.41) is 0.326. The van der Waals surface area contributed by atoms with Crippen molar-refractivity contribution in [2.45, 2.75) is 33.7 Å². The van der Waals surface area contributed by atoms with Crippen LogP contribution in [0.4, 0.5) is 4.39 Å². The molecule has 0 radical (unpaired) electrons. The van der Waals surface area contributed by atoms with Crippen LogP contribution in [-0.2, 0) is 0 Å². The van der Waals surface area contributed by atoms with Gasteiger partial charge in [0.05, 0.1) is 23.4 Å². The largest absolute Gasteiger partial charge is 0.476 e. The number of aromatic nitrogens is 1. The Labute approximate surface area is 190 Å². The Morgan fingerprint density at radius 1 is 1.23 bits per heavy atom. The van der Waals surface area contributed by atoms with Crippen LogP contribution < -0.4 is 14.2 Å². The zero-order valence-electron chi connectivity index (χ0n) is 17.3. The molecule has 164 valence electrons. The number of carbonyl (C=O) groups is 1. The van der Waals surface area contributed by atoms with Gasteiger partial charge in [-0.3, -0.25) is 9.52 Å². The average molecular weight is 476 g/mol. The van der Waals surface area contributed by atoms with E-state index in [1.165, 1.54) is 18.3 Å². The van der Waals surface area contributed by atoms with Crippen molar-refractivity contribution in [3.63, 3.8) is 0 Å². The third-order valence-corrected chi connectivity index (χ3v) is 5.39. The second kappa shape index (κ2) is 11.0. The highest BCUT2D eigenvalue weighted by atomic mass is 35.5. The van der Waals surface area contributed by atoms with Gasteiger partial charge in [-0.05, 0) is 32.9 Å². The monoisotopic (exact) mass is 475 g/mol. The van der Waals surface area contributed by atoms with Crippen LogP contribution in [0.1, 0.15) is 38.1 Å². The van der Waals surface area contributed by atoms with E-state index in [1.807, 2.05) is 39.0 Å². The maximum absolute atomic E-state index is 14.5. The van der Waals surface area contributed by atoms with Crippen molar-refractivity contribution in [1.82, 2.24) is 14.0 Å². The number of amides is 1. The molecule has 1 aromatic carbocycles. The van der Waals surface area contributed by atoms with Crippen LogP contribution in [0.2, 0.25) is 10.0 Å². The fourth-order valence-electron chi connectivity index (χ4n) is 2.00. The predicted octanol–water partition coefficient (Wildman–Crippen LogP) is 5.99. The lowest BCUT2D eigenvalue weighted by atomic mass is 10.2. The highest BCUT2D eigenvalue weighted by molar-refractivity contribution is 7.95. The molecule has 0 saturated carbocycles. The van der Waals surface area contributed by atoms with Crippen molar-refractivity contribution < 1.29 is 18.7 Å². The first-order chi connectivity index (χ1) is 14.1. The molecule has 0 saturated heterocycles. The first-order valence-corrected chi connectivity index (χ1v) is 10.8. The van der Waals surface area contributed by atoms with Crippen LogP contribution in [0.25, 0.3) is 0 Å². The lowest BCUT2D eigenvalue weighted by Gasteiger charge is -2.19. The lowest BCUT2D eigenvalue weighted by Crippen LogP contribution is -2.27. The Bertz CT molecular complexity index is 900. The molecule has 2 rings (SSSR count). The predicted molar refractivity (Wildman–Crippen MR) is 119 cm³/mol. The summed E-state index contributed by atoms with van der Waals surface area (Å²) in [6.07, 6.45) is 1.40. The van der Waals surface area contributed by atoms with Crippen molar-refractivity contribution in [3.8, 4) is 17.4 Å². The van der Waals surface area contributed by atoms with Crippen molar-refractivity contribution in [2.24, 2.45) is 5.92 Å². The molecule has 0 atom stereocenters. The maximum atomic E-state index is 14.5. The molecule has 0 unspecified atom stereocenters. The second-order valence-electron chi connectivity index (χ2n) is 7.19. The molecule has 0 aliphatic carbocycles. The van der Waals surface area contributed by atoms with Crippen LogP contribution >= 0.6 is 35.3 Å². The van der Waals surface area contributed by atoms with Crippen LogP contribution in [0.3, 0.4) is 0 Å². The fraction of sp³-hybridized carbons (Fsp3) is 0.400. The minimum atomic E-state index is -0.768. The average Bonchev–Trinajstić information content (AvgIpc) is 2.67. The van der Waals surface area contributed by atoms with Crippen molar-refractivity contribution in [3.05, 3.63) is 45.8 Å². The second-order valence-corrected chi connectivity index (χ2v) is 8.97. The molecular formula is C20H24Cl2FN3O3S. The van der Waals surface area contributed by atoms with E-state index in [-0.39, 0.29) is 39.0 Å². The normalized spacial score (nSPS) is 11.3. The van der Waals surface area contributed by atoms with Gasteiger partial charge in [0.15, 0.2) is 0 Å². The highest BCUT2D eigenvalue weighted by Crippen LogP contribution is 2.34. The Balaban J connectivity index is 2.12. The number of nitrogens with one attached hydrogen (secondary N) is 1. The number of ether oxygens (including phenoxy) is 2. The molecule has 0 fully saturated rings. The third-order valence-electron chi connectivity index (χ3n) is 3.84. The molecule has 1 amide bonds. The molecule has 10 heteroatoms. The Kier molecular flexibility index (Phi) is 9.03. The summed E-state index contributed by atoms with van der Waals surface area (Å²) < 4.78 is 30.0. The van der Waals surface area contributed by atoms with E-state index >= 15 is 0 Å². The molecule has 6 nitrogen and oxygen atoms in total. The molecule has 0 spiro atoms. The van der Waals surface area contributed by atoms with E-state index in [2.05, 4.69) is 9.71 Å². The molecular weight excluding hydrogens is 452 g/mol. The smallest absolute Gasteiger partial charge is 0.265 e. The fourth-order valence-corrected chi connectivity index (χ4v) is 2.96. The summed E-state index contributed by atoms with van der Waals surface area (Å²) in [7, 11) is 1.81. The van der Waals surface area contributed by atoms with Gasteiger partial charge in [0, 0.05) is 30.3 Å². The van der Waals surface area contributed by atoms with E-state index in [4.69, 9.17) is 32.7 Å². The molecule has 1 N–H and O–H groups in total. The number of carbonyl (C=O) groups excluding carboxylic acids is 1. The number of rotatable bonds is 9. The minimum absolute atomic E-state index is 0.0337. The van der Waals surface area contributed by atoms with Crippen LogP contribution in [-0.4, -0.2) is 34.9 Å². The van der Waals surface area contributed by atoms with Gasteiger partial charge in [-0.2, -0.15) is 0 Å². The van der Waals surface area contributed by atoms with Gasteiger partial charge >= 0.3 is 0 Å². The summed E-state index contributed by atoms with van der Waals surface area (Å²) in [5.74, 6) is -0.479. The quantitative estimate of drug-likeness (QED) is 0.449. The van der Waals surface area contributed by atoms with Crippen molar-refractivity contribution in [2.75, 3.05) is 13.7 Å². The van der Waals surface area contributed by atoms with E-state index in [0.717, 1.165) is 18.2 Å². The van der Waals surface area contributed by atoms with Gasteiger partial charge in [0.1, 0.15) is 22.3 Å². The number of nitrogens with zero attached hydrogens (tertiary/aromatic N) is 2. The third kappa shape index (κ3) is 6.91.